The highest BCUT2D eigenvalue weighted by Gasteiger charge is 2.49. The monoisotopic (exact) mass is 492 g/mol. The Balaban J connectivity index is 1.51. The second-order valence-electron chi connectivity index (χ2n) is 8.66. The summed E-state index contributed by atoms with van der Waals surface area (Å²) in [6.45, 7) is 2.27. The van der Waals surface area contributed by atoms with Crippen LogP contribution in [0.4, 0.5) is 0 Å². The van der Waals surface area contributed by atoms with Gasteiger partial charge in [0, 0.05) is 6.92 Å². The number of carbonyl (C=O) groups is 1. The van der Waals surface area contributed by atoms with Gasteiger partial charge in [0.15, 0.2) is 12.4 Å². The van der Waals surface area contributed by atoms with Gasteiger partial charge in [-0.2, -0.15) is 0 Å². The van der Waals surface area contributed by atoms with Crippen LogP contribution in [0.1, 0.15) is 23.6 Å². The zero-order valence-electron chi connectivity index (χ0n) is 20.3. The van der Waals surface area contributed by atoms with E-state index in [4.69, 9.17) is 23.7 Å². The molecule has 7 heteroatoms. The number of aliphatic hydroxyl groups is 1. The van der Waals surface area contributed by atoms with Crippen LogP contribution in [0.2, 0.25) is 0 Å². The summed E-state index contributed by atoms with van der Waals surface area (Å²) >= 11 is 0. The first-order valence-electron chi connectivity index (χ1n) is 12.0. The number of hydrogen-bond donors (Lipinski definition) is 1. The minimum atomic E-state index is -1.30. The van der Waals surface area contributed by atoms with Crippen LogP contribution in [0.15, 0.2) is 91.0 Å². The molecule has 1 N–H and O–H groups in total. The topological polar surface area (TPSA) is 83.5 Å². The molecule has 1 fully saturated rings. The molecule has 1 saturated heterocycles. The Morgan fingerprint density at radius 3 is 1.69 bits per heavy atom. The van der Waals surface area contributed by atoms with E-state index in [9.17, 15) is 9.90 Å². The highest BCUT2D eigenvalue weighted by molar-refractivity contribution is 5.66. The number of benzene rings is 3. The van der Waals surface area contributed by atoms with Gasteiger partial charge in [-0.05, 0) is 16.7 Å². The third-order valence-electron chi connectivity index (χ3n) is 5.88. The first-order chi connectivity index (χ1) is 17.6. The van der Waals surface area contributed by atoms with Gasteiger partial charge in [-0.1, -0.05) is 91.0 Å². The number of hydrogen-bond acceptors (Lipinski definition) is 7. The molecule has 5 atom stereocenters. The van der Waals surface area contributed by atoms with Crippen molar-refractivity contribution < 1.29 is 33.6 Å². The maximum atomic E-state index is 12.1. The summed E-state index contributed by atoms with van der Waals surface area (Å²) in [4.78, 5) is 12.1. The van der Waals surface area contributed by atoms with E-state index in [1.807, 2.05) is 91.0 Å². The summed E-state index contributed by atoms with van der Waals surface area (Å²) in [5.41, 5.74) is 2.88. The van der Waals surface area contributed by atoms with Crippen LogP contribution in [0.5, 0.6) is 0 Å². The molecule has 0 aliphatic carbocycles. The molecule has 0 aromatic heterocycles. The van der Waals surface area contributed by atoms with Crippen molar-refractivity contribution in [3.05, 3.63) is 108 Å². The standard InChI is InChI=1S/C29H32O7/c1-21(30)35-26-25(20-32-17-22-11-5-2-6-12-22)36-29(31)28(34-19-24-15-9-4-10-16-24)27(26)33-18-23-13-7-3-8-14-23/h2-16,25-29,31H,17-20H2,1H3/t25-,26+,27+,28-,29?/m1/s1. The molecule has 0 spiro atoms. The van der Waals surface area contributed by atoms with Crippen LogP contribution in [0.25, 0.3) is 0 Å². The third-order valence-corrected chi connectivity index (χ3v) is 5.88. The third kappa shape index (κ3) is 7.46. The largest absolute Gasteiger partial charge is 0.457 e. The molecule has 0 saturated carbocycles. The number of esters is 1. The molecular formula is C29H32O7. The van der Waals surface area contributed by atoms with Crippen LogP contribution >= 0.6 is 0 Å². The first-order valence-corrected chi connectivity index (χ1v) is 12.0. The Hall–Kier alpha value is -3.07. The SMILES string of the molecule is CC(=O)O[C@@H]1[C@H](OCc2ccccc2)[C@@H](OCc2ccccc2)C(O)O[C@@H]1COCc1ccccc1. The Morgan fingerprint density at radius 1 is 0.722 bits per heavy atom. The van der Waals surface area contributed by atoms with Gasteiger partial charge >= 0.3 is 5.97 Å². The lowest BCUT2D eigenvalue weighted by Crippen LogP contribution is -2.61. The first kappa shape index (κ1) is 26.0. The second-order valence-corrected chi connectivity index (χ2v) is 8.66. The molecule has 36 heavy (non-hydrogen) atoms. The number of ether oxygens (including phenoxy) is 5. The molecule has 1 heterocycles. The molecule has 3 aromatic rings. The van der Waals surface area contributed by atoms with E-state index < -0.39 is 36.7 Å². The summed E-state index contributed by atoms with van der Waals surface area (Å²) in [6, 6.07) is 29.0. The molecule has 3 aromatic carbocycles. The van der Waals surface area contributed by atoms with E-state index in [2.05, 4.69) is 0 Å². The Labute approximate surface area is 211 Å². The maximum Gasteiger partial charge on any atom is 0.303 e. The van der Waals surface area contributed by atoms with Crippen molar-refractivity contribution in [2.75, 3.05) is 6.61 Å². The van der Waals surface area contributed by atoms with Gasteiger partial charge in [-0.25, -0.2) is 0 Å². The van der Waals surface area contributed by atoms with Gasteiger partial charge in [0.05, 0.1) is 26.4 Å². The Morgan fingerprint density at radius 2 is 1.19 bits per heavy atom. The van der Waals surface area contributed by atoms with Crippen LogP contribution < -0.4 is 0 Å². The fourth-order valence-electron chi connectivity index (χ4n) is 4.13. The molecule has 0 radical (unpaired) electrons. The predicted octanol–water partition coefficient (Wildman–Crippen LogP) is 4.02. The van der Waals surface area contributed by atoms with E-state index in [1.165, 1.54) is 6.92 Å². The fourth-order valence-corrected chi connectivity index (χ4v) is 4.13. The highest BCUT2D eigenvalue weighted by atomic mass is 16.7. The fraction of sp³-hybridized carbons (Fsp3) is 0.345. The van der Waals surface area contributed by atoms with E-state index in [-0.39, 0.29) is 19.8 Å². The van der Waals surface area contributed by atoms with Crippen molar-refractivity contribution in [1.29, 1.82) is 0 Å². The average Bonchev–Trinajstić information content (AvgIpc) is 2.90. The van der Waals surface area contributed by atoms with Crippen molar-refractivity contribution in [3.63, 3.8) is 0 Å². The van der Waals surface area contributed by atoms with Gasteiger partial charge in [-0.3, -0.25) is 4.79 Å². The lowest BCUT2D eigenvalue weighted by Gasteiger charge is -2.43. The smallest absolute Gasteiger partial charge is 0.303 e. The number of aliphatic hydroxyl groups excluding tert-OH is 1. The summed E-state index contributed by atoms with van der Waals surface area (Å²) < 4.78 is 29.8. The molecule has 0 bridgehead atoms. The van der Waals surface area contributed by atoms with Crippen molar-refractivity contribution in [2.24, 2.45) is 0 Å². The molecule has 190 valence electrons. The van der Waals surface area contributed by atoms with E-state index in [0.29, 0.717) is 6.61 Å². The zero-order chi connectivity index (χ0) is 25.2. The van der Waals surface area contributed by atoms with Gasteiger partial charge in [-0.15, -0.1) is 0 Å². The predicted molar refractivity (Wildman–Crippen MR) is 133 cm³/mol. The van der Waals surface area contributed by atoms with Crippen LogP contribution in [0, 0.1) is 0 Å². The molecule has 1 aliphatic rings. The molecule has 1 unspecified atom stereocenters. The van der Waals surface area contributed by atoms with E-state index >= 15 is 0 Å². The number of rotatable bonds is 11. The van der Waals surface area contributed by atoms with Gasteiger partial charge in [0.25, 0.3) is 0 Å². The van der Waals surface area contributed by atoms with Crippen molar-refractivity contribution in [1.82, 2.24) is 0 Å². The minimum Gasteiger partial charge on any atom is -0.457 e. The summed E-state index contributed by atoms with van der Waals surface area (Å²) in [6.07, 6.45) is -4.56. The molecule has 0 amide bonds. The van der Waals surface area contributed by atoms with Crippen molar-refractivity contribution in [2.45, 2.75) is 57.5 Å². The lowest BCUT2D eigenvalue weighted by molar-refractivity contribution is -0.311. The second kappa shape index (κ2) is 13.3. The zero-order valence-corrected chi connectivity index (χ0v) is 20.3. The van der Waals surface area contributed by atoms with Crippen LogP contribution in [0.3, 0.4) is 0 Å². The number of carbonyl (C=O) groups excluding carboxylic acids is 1. The van der Waals surface area contributed by atoms with Gasteiger partial charge in [0.2, 0.25) is 0 Å². The van der Waals surface area contributed by atoms with E-state index in [1.54, 1.807) is 0 Å². The van der Waals surface area contributed by atoms with Gasteiger partial charge < -0.3 is 28.8 Å². The highest BCUT2D eigenvalue weighted by Crippen LogP contribution is 2.29. The quantitative estimate of drug-likeness (QED) is 0.405. The maximum absolute atomic E-state index is 12.1. The molecule has 1 aliphatic heterocycles. The van der Waals surface area contributed by atoms with Gasteiger partial charge in [0.1, 0.15) is 18.3 Å². The van der Waals surface area contributed by atoms with E-state index in [0.717, 1.165) is 16.7 Å². The Bertz CT molecular complexity index is 1040. The van der Waals surface area contributed by atoms with Crippen LogP contribution in [-0.4, -0.2) is 48.4 Å². The minimum absolute atomic E-state index is 0.0977. The van der Waals surface area contributed by atoms with Crippen molar-refractivity contribution >= 4 is 5.97 Å². The normalized spacial score (nSPS) is 23.8. The van der Waals surface area contributed by atoms with Crippen LogP contribution in [-0.2, 0) is 48.3 Å². The average molecular weight is 493 g/mol. The molecule has 4 rings (SSSR count). The summed E-state index contributed by atoms with van der Waals surface area (Å²) in [7, 11) is 0. The summed E-state index contributed by atoms with van der Waals surface area (Å²) in [5.74, 6) is -0.483. The molecule has 7 nitrogen and oxygen atoms in total. The lowest BCUT2D eigenvalue weighted by atomic mass is 9.98. The summed E-state index contributed by atoms with van der Waals surface area (Å²) in [5, 5.41) is 10.9. The Kier molecular flexibility index (Phi) is 9.61. The molecular weight excluding hydrogens is 460 g/mol. The van der Waals surface area contributed by atoms with Crippen molar-refractivity contribution in [3.8, 4) is 0 Å².